The van der Waals surface area contributed by atoms with E-state index < -0.39 is 10.2 Å². The van der Waals surface area contributed by atoms with Gasteiger partial charge in [0.25, 0.3) is 10.2 Å². The smallest absolute Gasteiger partial charge is 0.291 e. The van der Waals surface area contributed by atoms with Crippen LogP contribution >= 0.6 is 0 Å². The van der Waals surface area contributed by atoms with E-state index in [4.69, 9.17) is 30.6 Å². The molecule has 11 nitrogen and oxygen atoms in total. The van der Waals surface area contributed by atoms with Gasteiger partial charge in [0.1, 0.15) is 0 Å². The molecule has 0 aliphatic carbocycles. The van der Waals surface area contributed by atoms with Crippen molar-refractivity contribution in [1.29, 1.82) is 0 Å². The summed E-state index contributed by atoms with van der Waals surface area (Å²) in [5.74, 6) is 0.491. The summed E-state index contributed by atoms with van der Waals surface area (Å²) in [5, 5.41) is 27.3. The van der Waals surface area contributed by atoms with Gasteiger partial charge in [0.2, 0.25) is 0 Å². The van der Waals surface area contributed by atoms with Crippen LogP contribution in [0.1, 0.15) is 37.8 Å². The molecule has 0 radical (unpaired) electrons. The molecule has 0 aliphatic heterocycles. The number of hydrogen-bond acceptors (Lipinski definition) is 6. The van der Waals surface area contributed by atoms with E-state index in [9.17, 15) is 0 Å². The fraction of sp³-hybridized carbons (Fsp3) is 0.429. The predicted molar refractivity (Wildman–Crippen MR) is 86.3 cm³/mol. The van der Waals surface area contributed by atoms with Crippen LogP contribution in [0, 0.1) is 20.2 Å². The average molecular weight is 355 g/mol. The highest BCUT2D eigenvalue weighted by Crippen LogP contribution is 2.22. The topological polar surface area (TPSA) is 157 Å². The minimum atomic E-state index is -1.50. The molecule has 2 rings (SSSR count). The standard InChI is InChI=1S/C14H19N3.2HNO3/c1-2-3-6-13(11-17-10-9-15-12-17)14-7-4-5-8-16-14;2*2-1(3)4/h4-5,7-10,12-13H,2-3,6,11H2,1H3;2*(H,2,3,4). The molecule has 0 saturated carbocycles. The molecule has 0 bridgehead atoms. The third kappa shape index (κ3) is 12.9. The van der Waals surface area contributed by atoms with Crippen molar-refractivity contribution in [1.82, 2.24) is 14.5 Å². The SMILES string of the molecule is CCCCC(Cn1ccnc1)c1ccccn1.O=[N+]([O-])O.O=[N+]([O-])O. The Bertz CT molecular complexity index is 573. The van der Waals surface area contributed by atoms with E-state index in [2.05, 4.69) is 33.6 Å². The van der Waals surface area contributed by atoms with Gasteiger partial charge in [-0.15, -0.1) is 20.2 Å². The molecule has 0 fully saturated rings. The summed E-state index contributed by atoms with van der Waals surface area (Å²) >= 11 is 0. The Balaban J connectivity index is 0.000000609. The molecule has 11 heteroatoms. The number of aromatic nitrogens is 3. The molecule has 0 aromatic carbocycles. The molecule has 138 valence electrons. The average Bonchev–Trinajstić information content (AvgIpc) is 3.04. The molecule has 1 unspecified atom stereocenters. The lowest BCUT2D eigenvalue weighted by molar-refractivity contribution is -0.742. The number of unbranched alkanes of at least 4 members (excludes halogenated alkanes) is 1. The van der Waals surface area contributed by atoms with Crippen LogP contribution in [0.15, 0.2) is 43.1 Å². The molecular formula is C14H21N5O6. The Hall–Kier alpha value is -3.24. The van der Waals surface area contributed by atoms with Gasteiger partial charge >= 0.3 is 0 Å². The van der Waals surface area contributed by atoms with Gasteiger partial charge < -0.3 is 15.0 Å². The number of rotatable bonds is 6. The summed E-state index contributed by atoms with van der Waals surface area (Å²) in [4.78, 5) is 25.3. The Morgan fingerprint density at radius 1 is 1.20 bits per heavy atom. The van der Waals surface area contributed by atoms with Crippen molar-refractivity contribution >= 4 is 0 Å². The molecule has 2 heterocycles. The lowest BCUT2D eigenvalue weighted by atomic mass is 9.98. The zero-order valence-corrected chi connectivity index (χ0v) is 13.7. The summed E-state index contributed by atoms with van der Waals surface area (Å²) in [6, 6.07) is 6.16. The fourth-order valence-electron chi connectivity index (χ4n) is 2.05. The summed E-state index contributed by atoms with van der Waals surface area (Å²) in [6.07, 6.45) is 11.3. The maximum absolute atomic E-state index is 8.36. The van der Waals surface area contributed by atoms with Gasteiger partial charge in [0.05, 0.1) is 6.33 Å². The zero-order chi connectivity index (χ0) is 19.1. The highest BCUT2D eigenvalue weighted by atomic mass is 16.9. The van der Waals surface area contributed by atoms with Crippen LogP contribution in [0.4, 0.5) is 0 Å². The first-order valence-corrected chi connectivity index (χ1v) is 7.40. The van der Waals surface area contributed by atoms with Crippen LogP contribution in [-0.2, 0) is 6.54 Å². The van der Waals surface area contributed by atoms with Crippen molar-refractivity contribution in [3.05, 3.63) is 69.0 Å². The second-order valence-electron chi connectivity index (χ2n) is 4.83. The van der Waals surface area contributed by atoms with Gasteiger partial charge in [-0.2, -0.15) is 0 Å². The fourth-order valence-corrected chi connectivity index (χ4v) is 2.05. The molecule has 2 aromatic rings. The van der Waals surface area contributed by atoms with Crippen molar-refractivity contribution in [2.45, 2.75) is 38.6 Å². The van der Waals surface area contributed by atoms with Crippen molar-refractivity contribution in [2.75, 3.05) is 0 Å². The second kappa shape index (κ2) is 13.2. The molecule has 0 amide bonds. The summed E-state index contributed by atoms with van der Waals surface area (Å²) in [6.45, 7) is 3.20. The van der Waals surface area contributed by atoms with Crippen LogP contribution in [0.5, 0.6) is 0 Å². The van der Waals surface area contributed by atoms with E-state index >= 15 is 0 Å². The minimum Gasteiger partial charge on any atom is -0.337 e. The Morgan fingerprint density at radius 2 is 1.84 bits per heavy atom. The van der Waals surface area contributed by atoms with Gasteiger partial charge in [-0.25, -0.2) is 4.98 Å². The highest BCUT2D eigenvalue weighted by molar-refractivity contribution is 5.09. The van der Waals surface area contributed by atoms with Crippen LogP contribution < -0.4 is 0 Å². The van der Waals surface area contributed by atoms with Crippen LogP contribution in [0.25, 0.3) is 0 Å². The number of imidazole rings is 1. The van der Waals surface area contributed by atoms with Crippen LogP contribution in [0.2, 0.25) is 0 Å². The predicted octanol–water partition coefficient (Wildman–Crippen LogP) is 2.56. The maximum atomic E-state index is 8.36. The van der Waals surface area contributed by atoms with E-state index in [-0.39, 0.29) is 0 Å². The Kier molecular flexibility index (Phi) is 11.5. The lowest BCUT2D eigenvalue weighted by Crippen LogP contribution is -2.09. The highest BCUT2D eigenvalue weighted by Gasteiger charge is 2.12. The Labute approximate surface area is 143 Å². The monoisotopic (exact) mass is 355 g/mol. The van der Waals surface area contributed by atoms with Crippen molar-refractivity contribution in [2.24, 2.45) is 0 Å². The van der Waals surface area contributed by atoms with E-state index in [1.165, 1.54) is 25.0 Å². The quantitative estimate of drug-likeness (QED) is 0.591. The van der Waals surface area contributed by atoms with Gasteiger partial charge in [-0.1, -0.05) is 25.8 Å². The molecule has 2 aromatic heterocycles. The third-order valence-electron chi connectivity index (χ3n) is 3.00. The summed E-state index contributed by atoms with van der Waals surface area (Å²) in [7, 11) is 0. The normalized spacial score (nSPS) is 10.4. The molecule has 0 saturated heterocycles. The number of hydrogen-bond donors (Lipinski definition) is 2. The van der Waals surface area contributed by atoms with E-state index in [1.54, 1.807) is 0 Å². The first-order chi connectivity index (χ1) is 11.9. The molecule has 2 N–H and O–H groups in total. The zero-order valence-electron chi connectivity index (χ0n) is 13.7. The van der Waals surface area contributed by atoms with E-state index in [1.807, 2.05) is 31.0 Å². The van der Waals surface area contributed by atoms with E-state index in [0.29, 0.717) is 5.92 Å². The van der Waals surface area contributed by atoms with Crippen LogP contribution in [0.3, 0.4) is 0 Å². The molecule has 0 spiro atoms. The number of nitrogens with zero attached hydrogens (tertiary/aromatic N) is 5. The first kappa shape index (κ1) is 21.8. The van der Waals surface area contributed by atoms with Crippen molar-refractivity contribution in [3.63, 3.8) is 0 Å². The third-order valence-corrected chi connectivity index (χ3v) is 3.00. The second-order valence-corrected chi connectivity index (χ2v) is 4.83. The van der Waals surface area contributed by atoms with Crippen molar-refractivity contribution < 1.29 is 20.6 Å². The van der Waals surface area contributed by atoms with Gasteiger partial charge in [0, 0.05) is 36.7 Å². The largest absolute Gasteiger partial charge is 0.337 e. The van der Waals surface area contributed by atoms with E-state index in [0.717, 1.165) is 6.54 Å². The maximum Gasteiger partial charge on any atom is 0.291 e. The first-order valence-electron chi connectivity index (χ1n) is 7.40. The minimum absolute atomic E-state index is 0.491. The summed E-state index contributed by atoms with van der Waals surface area (Å²) < 4.78 is 2.13. The Morgan fingerprint density at radius 3 is 2.28 bits per heavy atom. The van der Waals surface area contributed by atoms with Gasteiger partial charge in [-0.3, -0.25) is 4.98 Å². The van der Waals surface area contributed by atoms with Gasteiger partial charge in [0.15, 0.2) is 0 Å². The molecular weight excluding hydrogens is 334 g/mol. The van der Waals surface area contributed by atoms with Crippen molar-refractivity contribution in [3.8, 4) is 0 Å². The number of pyridine rings is 1. The van der Waals surface area contributed by atoms with Gasteiger partial charge in [-0.05, 0) is 18.6 Å². The molecule has 1 atom stereocenters. The van der Waals surface area contributed by atoms with Crippen LogP contribution in [-0.4, -0.2) is 35.1 Å². The molecule has 25 heavy (non-hydrogen) atoms. The molecule has 0 aliphatic rings. The summed E-state index contributed by atoms with van der Waals surface area (Å²) in [5.41, 5.74) is 1.19. The lowest BCUT2D eigenvalue weighted by Gasteiger charge is -2.16.